The van der Waals surface area contributed by atoms with Gasteiger partial charge >= 0.3 is 0 Å². The van der Waals surface area contributed by atoms with Gasteiger partial charge in [0.15, 0.2) is 0 Å². The maximum Gasteiger partial charge on any atom is 0.246 e. The molecular weight excluding hydrogens is 399 g/mol. The Morgan fingerprint density at radius 1 is 1.14 bits per heavy atom. The maximum atomic E-state index is 13.2. The molecule has 0 spiro atoms. The summed E-state index contributed by atoms with van der Waals surface area (Å²) in [5, 5.41) is 2.72. The Kier molecular flexibility index (Phi) is 6.39. The molecule has 156 valence electrons. The van der Waals surface area contributed by atoms with E-state index in [9.17, 15) is 17.6 Å². The molecule has 3 rings (SSSR count). The smallest absolute Gasteiger partial charge is 0.246 e. The standard InChI is InChI=1S/C20H23FN2O5S/c1-27-17-9-10-18(28-2)19(12-17)29(25,26)23-11-3-4-14(13-23)20(24)22-16-7-5-15(21)6-8-16/h5-10,12,14H,3-4,11,13H2,1-2H3,(H,22,24)/t14-/m0/s1. The van der Waals surface area contributed by atoms with Crippen LogP contribution >= 0.6 is 0 Å². The van der Waals surface area contributed by atoms with E-state index >= 15 is 0 Å². The Labute approximate surface area is 169 Å². The minimum absolute atomic E-state index is 0.000979. The number of hydrogen-bond acceptors (Lipinski definition) is 5. The van der Waals surface area contributed by atoms with Gasteiger partial charge in [0.05, 0.1) is 20.1 Å². The van der Waals surface area contributed by atoms with Gasteiger partial charge in [-0.15, -0.1) is 0 Å². The molecule has 0 bridgehead atoms. The molecule has 29 heavy (non-hydrogen) atoms. The maximum absolute atomic E-state index is 13.2. The van der Waals surface area contributed by atoms with Crippen LogP contribution in [0.15, 0.2) is 47.4 Å². The van der Waals surface area contributed by atoms with Crippen LogP contribution in [0.2, 0.25) is 0 Å². The molecule has 2 aromatic carbocycles. The van der Waals surface area contributed by atoms with Crippen molar-refractivity contribution in [3.05, 3.63) is 48.3 Å². The zero-order valence-corrected chi connectivity index (χ0v) is 17.0. The molecule has 0 aliphatic carbocycles. The van der Waals surface area contributed by atoms with Crippen molar-refractivity contribution in [1.82, 2.24) is 4.31 Å². The van der Waals surface area contributed by atoms with Crippen molar-refractivity contribution in [2.75, 3.05) is 32.6 Å². The van der Waals surface area contributed by atoms with Gasteiger partial charge in [-0.25, -0.2) is 12.8 Å². The van der Waals surface area contributed by atoms with Crippen molar-refractivity contribution < 1.29 is 27.1 Å². The summed E-state index contributed by atoms with van der Waals surface area (Å²) in [6.07, 6.45) is 1.11. The van der Waals surface area contributed by atoms with Crippen LogP contribution in [0.1, 0.15) is 12.8 Å². The van der Waals surface area contributed by atoms with Crippen molar-refractivity contribution in [2.24, 2.45) is 5.92 Å². The van der Waals surface area contributed by atoms with Crippen molar-refractivity contribution in [1.29, 1.82) is 0 Å². The summed E-state index contributed by atoms with van der Waals surface area (Å²) in [5.74, 6) is -0.602. The molecule has 0 aromatic heterocycles. The van der Waals surface area contributed by atoms with Crippen LogP contribution < -0.4 is 14.8 Å². The van der Waals surface area contributed by atoms with E-state index < -0.39 is 21.8 Å². The van der Waals surface area contributed by atoms with Gasteiger partial charge in [0, 0.05) is 24.8 Å². The first kappa shape index (κ1) is 21.1. The van der Waals surface area contributed by atoms with Crippen molar-refractivity contribution >= 4 is 21.6 Å². The first-order chi connectivity index (χ1) is 13.8. The number of piperidine rings is 1. The molecule has 1 aliphatic rings. The lowest BCUT2D eigenvalue weighted by Gasteiger charge is -2.31. The molecule has 1 N–H and O–H groups in total. The fourth-order valence-corrected chi connectivity index (χ4v) is 4.97. The monoisotopic (exact) mass is 422 g/mol. The first-order valence-corrected chi connectivity index (χ1v) is 10.6. The number of rotatable bonds is 6. The number of nitrogens with zero attached hydrogens (tertiary/aromatic N) is 1. The minimum Gasteiger partial charge on any atom is -0.497 e. The highest BCUT2D eigenvalue weighted by Gasteiger charge is 2.35. The third kappa shape index (κ3) is 4.68. The second-order valence-electron chi connectivity index (χ2n) is 6.72. The lowest BCUT2D eigenvalue weighted by molar-refractivity contribution is -0.120. The van der Waals surface area contributed by atoms with Gasteiger partial charge in [-0.3, -0.25) is 4.79 Å². The zero-order chi connectivity index (χ0) is 21.0. The van der Waals surface area contributed by atoms with E-state index in [1.807, 2.05) is 0 Å². The number of sulfonamides is 1. The second kappa shape index (κ2) is 8.79. The molecule has 1 fully saturated rings. The Morgan fingerprint density at radius 3 is 2.52 bits per heavy atom. The van der Waals surface area contributed by atoms with Crippen LogP contribution in [0.5, 0.6) is 11.5 Å². The Morgan fingerprint density at radius 2 is 1.86 bits per heavy atom. The van der Waals surface area contributed by atoms with Gasteiger partial charge in [-0.05, 0) is 49.2 Å². The number of carbonyl (C=O) groups is 1. The fourth-order valence-electron chi connectivity index (χ4n) is 3.28. The third-order valence-corrected chi connectivity index (χ3v) is 6.74. The van der Waals surface area contributed by atoms with E-state index in [-0.39, 0.29) is 23.1 Å². The average molecular weight is 422 g/mol. The van der Waals surface area contributed by atoms with Crippen LogP contribution in [0.25, 0.3) is 0 Å². The molecule has 9 heteroatoms. The van der Waals surface area contributed by atoms with E-state index in [1.54, 1.807) is 6.07 Å². The summed E-state index contributed by atoms with van der Waals surface area (Å²) in [6.45, 7) is 0.360. The largest absolute Gasteiger partial charge is 0.497 e. The number of ether oxygens (including phenoxy) is 2. The van der Waals surface area contributed by atoms with Crippen LogP contribution in [0.4, 0.5) is 10.1 Å². The summed E-state index contributed by atoms with van der Waals surface area (Å²) >= 11 is 0. The number of benzene rings is 2. The number of amides is 1. The quantitative estimate of drug-likeness (QED) is 0.774. The highest BCUT2D eigenvalue weighted by Crippen LogP contribution is 2.32. The van der Waals surface area contributed by atoms with Gasteiger partial charge in [-0.1, -0.05) is 0 Å². The van der Waals surface area contributed by atoms with Gasteiger partial charge in [-0.2, -0.15) is 4.31 Å². The van der Waals surface area contributed by atoms with Gasteiger partial charge in [0.1, 0.15) is 22.2 Å². The normalized spacial score (nSPS) is 17.6. The predicted molar refractivity (Wildman–Crippen MR) is 106 cm³/mol. The van der Waals surface area contributed by atoms with E-state index in [0.29, 0.717) is 30.8 Å². The SMILES string of the molecule is COc1ccc(OC)c(S(=O)(=O)N2CCC[C@H](C(=O)Nc3ccc(F)cc3)C2)c1. The molecule has 7 nitrogen and oxygen atoms in total. The molecule has 0 radical (unpaired) electrons. The molecule has 1 saturated heterocycles. The Hall–Kier alpha value is -2.65. The second-order valence-corrected chi connectivity index (χ2v) is 8.62. The number of carbonyl (C=O) groups excluding carboxylic acids is 1. The molecule has 0 unspecified atom stereocenters. The fraction of sp³-hybridized carbons (Fsp3) is 0.350. The minimum atomic E-state index is -3.88. The highest BCUT2D eigenvalue weighted by molar-refractivity contribution is 7.89. The molecule has 1 atom stereocenters. The Balaban J connectivity index is 1.79. The molecule has 1 heterocycles. The number of hydrogen-bond donors (Lipinski definition) is 1. The van der Waals surface area contributed by atoms with Gasteiger partial charge in [0.25, 0.3) is 0 Å². The van der Waals surface area contributed by atoms with E-state index in [2.05, 4.69) is 5.32 Å². The predicted octanol–water partition coefficient (Wildman–Crippen LogP) is 2.88. The molecular formula is C20H23FN2O5S. The molecule has 1 amide bonds. The van der Waals surface area contributed by atoms with E-state index in [4.69, 9.17) is 9.47 Å². The lowest BCUT2D eigenvalue weighted by atomic mass is 9.99. The number of anilines is 1. The number of methoxy groups -OCH3 is 2. The highest BCUT2D eigenvalue weighted by atomic mass is 32.2. The van der Waals surface area contributed by atoms with E-state index in [0.717, 1.165) is 0 Å². The van der Waals surface area contributed by atoms with Crippen LogP contribution in [-0.2, 0) is 14.8 Å². The molecule has 0 saturated carbocycles. The summed E-state index contributed by atoms with van der Waals surface area (Å²) < 4.78 is 51.1. The van der Waals surface area contributed by atoms with Gasteiger partial charge < -0.3 is 14.8 Å². The average Bonchev–Trinajstić information content (AvgIpc) is 2.74. The van der Waals surface area contributed by atoms with Crippen LogP contribution in [0, 0.1) is 11.7 Å². The van der Waals surface area contributed by atoms with Crippen LogP contribution in [0.3, 0.4) is 0 Å². The summed E-state index contributed by atoms with van der Waals surface area (Å²) in [5.41, 5.74) is 0.464. The lowest BCUT2D eigenvalue weighted by Crippen LogP contribution is -2.43. The van der Waals surface area contributed by atoms with Crippen molar-refractivity contribution in [2.45, 2.75) is 17.7 Å². The summed E-state index contributed by atoms with van der Waals surface area (Å²) in [6, 6.07) is 10.00. The van der Waals surface area contributed by atoms with E-state index in [1.165, 1.54) is 54.9 Å². The topological polar surface area (TPSA) is 84.9 Å². The third-order valence-electron chi connectivity index (χ3n) is 4.86. The summed E-state index contributed by atoms with van der Waals surface area (Å²) in [7, 11) is -1.03. The zero-order valence-electron chi connectivity index (χ0n) is 16.2. The Bertz CT molecular complexity index is 979. The first-order valence-electron chi connectivity index (χ1n) is 9.13. The molecule has 2 aromatic rings. The van der Waals surface area contributed by atoms with Gasteiger partial charge in [0.2, 0.25) is 15.9 Å². The van der Waals surface area contributed by atoms with Crippen molar-refractivity contribution in [3.63, 3.8) is 0 Å². The number of nitrogens with one attached hydrogen (secondary N) is 1. The van der Waals surface area contributed by atoms with Crippen molar-refractivity contribution in [3.8, 4) is 11.5 Å². The summed E-state index contributed by atoms with van der Waals surface area (Å²) in [4.78, 5) is 12.6. The molecule has 1 aliphatic heterocycles. The van der Waals surface area contributed by atoms with Crippen LogP contribution in [-0.4, -0.2) is 45.9 Å². The number of halogens is 1.